The number of nitrogens with one attached hydrogen (secondary N) is 2. The predicted octanol–water partition coefficient (Wildman–Crippen LogP) is 3.00. The molecule has 0 heterocycles. The van der Waals surface area contributed by atoms with E-state index in [1.54, 1.807) is 18.2 Å². The molecule has 1 aromatic rings. The van der Waals surface area contributed by atoms with Crippen LogP contribution in [0, 0.1) is 5.92 Å². The van der Waals surface area contributed by atoms with Crippen molar-refractivity contribution in [1.29, 1.82) is 0 Å². The van der Waals surface area contributed by atoms with E-state index >= 15 is 0 Å². The van der Waals surface area contributed by atoms with E-state index in [0.717, 1.165) is 19.3 Å². The van der Waals surface area contributed by atoms with E-state index in [1.807, 2.05) is 13.8 Å². The zero-order valence-electron chi connectivity index (χ0n) is 15.0. The molecule has 0 fully saturated rings. The number of hydrogen-bond donors (Lipinski definition) is 2. The average Bonchev–Trinajstić information content (AvgIpc) is 2.61. The average molecular weight is 365 g/mol. The maximum atomic E-state index is 12.5. The maximum Gasteiger partial charge on any atom is 0.241 e. The van der Waals surface area contributed by atoms with Crippen LogP contribution in [-0.2, 0) is 14.8 Å². The topological polar surface area (TPSA) is 75.3 Å². The number of carbonyl (C=O) groups excluding carboxylic acids is 1. The standard InChI is InChI=1S/C19H28N2O3S/c1-15(2)18(21-25(23,24)17-11-7-4-8-12-17)19(22)20-14-13-16-9-5-3-6-10-16/h4,7-9,11-12,15,18,21H,3,5-6,10,13-14H2,1-2H3,(H,20,22)/t18-/m1/s1. The van der Waals surface area contributed by atoms with Crippen LogP contribution in [0.25, 0.3) is 0 Å². The van der Waals surface area contributed by atoms with Gasteiger partial charge in [-0.25, -0.2) is 8.42 Å². The largest absolute Gasteiger partial charge is 0.354 e. The van der Waals surface area contributed by atoms with E-state index in [0.29, 0.717) is 6.54 Å². The first-order valence-electron chi connectivity index (χ1n) is 8.93. The summed E-state index contributed by atoms with van der Waals surface area (Å²) >= 11 is 0. The second-order valence-electron chi connectivity index (χ2n) is 6.81. The fourth-order valence-corrected chi connectivity index (χ4v) is 4.28. The molecule has 6 heteroatoms. The van der Waals surface area contributed by atoms with Crippen molar-refractivity contribution in [1.82, 2.24) is 10.0 Å². The molecule has 25 heavy (non-hydrogen) atoms. The molecule has 0 bridgehead atoms. The number of benzene rings is 1. The quantitative estimate of drug-likeness (QED) is 0.696. The Morgan fingerprint density at radius 1 is 1.16 bits per heavy atom. The molecule has 1 aromatic carbocycles. The Labute approximate surface area is 151 Å². The molecule has 0 radical (unpaired) electrons. The second-order valence-corrected chi connectivity index (χ2v) is 8.52. The molecule has 1 aliphatic rings. The van der Waals surface area contributed by atoms with Gasteiger partial charge in [-0.1, -0.05) is 43.7 Å². The van der Waals surface area contributed by atoms with Gasteiger partial charge in [-0.15, -0.1) is 0 Å². The van der Waals surface area contributed by atoms with E-state index in [2.05, 4.69) is 16.1 Å². The maximum absolute atomic E-state index is 12.5. The third-order valence-corrected chi connectivity index (χ3v) is 5.87. The Morgan fingerprint density at radius 2 is 1.88 bits per heavy atom. The first kappa shape index (κ1) is 19.7. The third-order valence-electron chi connectivity index (χ3n) is 4.42. The minimum atomic E-state index is -3.72. The molecule has 0 aromatic heterocycles. The van der Waals surface area contributed by atoms with E-state index in [9.17, 15) is 13.2 Å². The van der Waals surface area contributed by atoms with Crippen LogP contribution in [0.3, 0.4) is 0 Å². The van der Waals surface area contributed by atoms with Gasteiger partial charge in [-0.3, -0.25) is 4.79 Å². The number of allylic oxidation sites excluding steroid dienone is 1. The van der Waals surface area contributed by atoms with Gasteiger partial charge in [0.2, 0.25) is 15.9 Å². The van der Waals surface area contributed by atoms with Gasteiger partial charge in [0.15, 0.2) is 0 Å². The summed E-state index contributed by atoms with van der Waals surface area (Å²) in [6, 6.07) is 7.34. The van der Waals surface area contributed by atoms with Gasteiger partial charge in [0.05, 0.1) is 4.90 Å². The number of carbonyl (C=O) groups is 1. The van der Waals surface area contributed by atoms with Crippen molar-refractivity contribution < 1.29 is 13.2 Å². The lowest BCUT2D eigenvalue weighted by Gasteiger charge is -2.22. The Hall–Kier alpha value is -1.66. The van der Waals surface area contributed by atoms with Crippen LogP contribution in [0.4, 0.5) is 0 Å². The molecule has 0 saturated carbocycles. The summed E-state index contributed by atoms with van der Waals surface area (Å²) in [5.74, 6) is -0.418. The molecule has 5 nitrogen and oxygen atoms in total. The number of hydrogen-bond acceptors (Lipinski definition) is 3. The summed E-state index contributed by atoms with van der Waals surface area (Å²) < 4.78 is 27.5. The SMILES string of the molecule is CC(C)[C@@H](NS(=O)(=O)c1ccccc1)C(=O)NCCC1=CCCCC1. The van der Waals surface area contributed by atoms with Gasteiger partial charge in [0, 0.05) is 6.54 Å². The molecule has 0 unspecified atom stereocenters. The van der Waals surface area contributed by atoms with Crippen LogP contribution in [0.15, 0.2) is 46.9 Å². The Balaban J connectivity index is 1.95. The molecular formula is C19H28N2O3S. The number of sulfonamides is 1. The second kappa shape index (κ2) is 9.15. The van der Waals surface area contributed by atoms with Crippen LogP contribution >= 0.6 is 0 Å². The van der Waals surface area contributed by atoms with Crippen LogP contribution in [0.2, 0.25) is 0 Å². The predicted molar refractivity (Wildman–Crippen MR) is 99.6 cm³/mol. The first-order valence-corrected chi connectivity index (χ1v) is 10.4. The van der Waals surface area contributed by atoms with Crippen molar-refractivity contribution in [2.75, 3.05) is 6.54 Å². The molecule has 2 rings (SSSR count). The number of rotatable bonds is 8. The van der Waals surface area contributed by atoms with Crippen LogP contribution in [0.1, 0.15) is 46.0 Å². The fourth-order valence-electron chi connectivity index (χ4n) is 2.92. The highest BCUT2D eigenvalue weighted by Crippen LogP contribution is 2.19. The summed E-state index contributed by atoms with van der Waals surface area (Å²) in [4.78, 5) is 12.6. The smallest absolute Gasteiger partial charge is 0.241 e. The zero-order valence-corrected chi connectivity index (χ0v) is 15.8. The summed E-state index contributed by atoms with van der Waals surface area (Å²) in [5.41, 5.74) is 1.39. The molecule has 0 spiro atoms. The summed E-state index contributed by atoms with van der Waals surface area (Å²) in [5, 5.41) is 2.88. The van der Waals surface area contributed by atoms with E-state index in [4.69, 9.17) is 0 Å². The Morgan fingerprint density at radius 3 is 2.48 bits per heavy atom. The summed E-state index contributed by atoms with van der Waals surface area (Å²) in [6.07, 6.45) is 7.77. The molecule has 1 aliphatic carbocycles. The number of amides is 1. The lowest BCUT2D eigenvalue weighted by molar-refractivity contribution is -0.123. The molecule has 2 N–H and O–H groups in total. The van der Waals surface area contributed by atoms with Crippen molar-refractivity contribution >= 4 is 15.9 Å². The fraction of sp³-hybridized carbons (Fsp3) is 0.526. The molecule has 1 amide bonds. The molecule has 1 atom stereocenters. The van der Waals surface area contributed by atoms with Gasteiger partial charge in [0.25, 0.3) is 0 Å². The monoisotopic (exact) mass is 364 g/mol. The highest BCUT2D eigenvalue weighted by molar-refractivity contribution is 7.89. The van der Waals surface area contributed by atoms with Gasteiger partial charge in [-0.2, -0.15) is 4.72 Å². The van der Waals surface area contributed by atoms with Crippen molar-refractivity contribution in [2.24, 2.45) is 5.92 Å². The van der Waals surface area contributed by atoms with Gasteiger partial charge >= 0.3 is 0 Å². The minimum Gasteiger partial charge on any atom is -0.354 e. The highest BCUT2D eigenvalue weighted by Gasteiger charge is 2.28. The van der Waals surface area contributed by atoms with Gasteiger partial charge in [-0.05, 0) is 50.2 Å². The van der Waals surface area contributed by atoms with E-state index < -0.39 is 16.1 Å². The van der Waals surface area contributed by atoms with Crippen molar-refractivity contribution in [3.8, 4) is 0 Å². The van der Waals surface area contributed by atoms with Crippen LogP contribution in [0.5, 0.6) is 0 Å². The van der Waals surface area contributed by atoms with Gasteiger partial charge in [0.1, 0.15) is 6.04 Å². The lowest BCUT2D eigenvalue weighted by Crippen LogP contribution is -2.49. The summed E-state index contributed by atoms with van der Waals surface area (Å²) in [7, 11) is -3.72. The van der Waals surface area contributed by atoms with E-state index in [-0.39, 0.29) is 16.7 Å². The molecular weight excluding hydrogens is 336 g/mol. The highest BCUT2D eigenvalue weighted by atomic mass is 32.2. The molecule has 0 aliphatic heterocycles. The van der Waals surface area contributed by atoms with Crippen molar-refractivity contribution in [2.45, 2.75) is 56.9 Å². The summed E-state index contributed by atoms with van der Waals surface area (Å²) in [6.45, 7) is 4.21. The van der Waals surface area contributed by atoms with Crippen molar-refractivity contribution in [3.05, 3.63) is 42.0 Å². The van der Waals surface area contributed by atoms with E-state index in [1.165, 1.54) is 30.5 Å². The van der Waals surface area contributed by atoms with Crippen molar-refractivity contribution in [3.63, 3.8) is 0 Å². The molecule has 138 valence electrons. The molecule has 0 saturated heterocycles. The van der Waals surface area contributed by atoms with Gasteiger partial charge < -0.3 is 5.32 Å². The Kier molecular flexibility index (Phi) is 7.20. The Bertz CT molecular complexity index is 697. The van der Waals surface area contributed by atoms with Crippen LogP contribution in [-0.4, -0.2) is 26.9 Å². The lowest BCUT2D eigenvalue weighted by atomic mass is 9.97. The zero-order chi connectivity index (χ0) is 18.3. The minimum absolute atomic E-state index is 0.146. The van der Waals surface area contributed by atoms with Crippen LogP contribution < -0.4 is 10.0 Å². The third kappa shape index (κ3) is 5.97. The first-order chi connectivity index (χ1) is 11.9. The normalized spacial score (nSPS) is 16.4.